The van der Waals surface area contributed by atoms with Crippen molar-refractivity contribution in [3.05, 3.63) is 57.7 Å². The van der Waals surface area contributed by atoms with E-state index in [1.165, 1.54) is 11.0 Å². The maximum Gasteiger partial charge on any atom is 0.416 e. The van der Waals surface area contributed by atoms with Gasteiger partial charge in [-0.2, -0.15) is 0 Å². The van der Waals surface area contributed by atoms with Crippen LogP contribution in [0, 0.1) is 17.6 Å². The summed E-state index contributed by atoms with van der Waals surface area (Å²) in [6.45, 7) is 7.05. The molecule has 0 aliphatic heterocycles. The number of aromatic nitrogens is 1. The maximum absolute atomic E-state index is 14.4. The van der Waals surface area contributed by atoms with Crippen molar-refractivity contribution in [2.75, 3.05) is 11.5 Å². The Kier molecular flexibility index (Phi) is 7.17. The normalized spacial score (nSPS) is 17.6. The van der Waals surface area contributed by atoms with Crippen LogP contribution < -0.4 is 4.90 Å². The molecule has 0 spiro atoms. The number of nitrogens with zero attached hydrogens (tertiary/aromatic N) is 2. The zero-order valence-electron chi connectivity index (χ0n) is 18.3. The summed E-state index contributed by atoms with van der Waals surface area (Å²) in [5.41, 5.74) is 0.171. The van der Waals surface area contributed by atoms with Gasteiger partial charge < -0.3 is 9.47 Å². The van der Waals surface area contributed by atoms with Gasteiger partial charge in [-0.1, -0.05) is 6.07 Å². The molecule has 1 aromatic carbocycles. The highest BCUT2D eigenvalue weighted by molar-refractivity contribution is 9.10. The number of hydrogen-bond donors (Lipinski definition) is 0. The minimum Gasteiger partial charge on any atom is -0.466 e. The first-order chi connectivity index (χ1) is 15.0. The second-order valence-corrected chi connectivity index (χ2v) is 9.43. The lowest BCUT2D eigenvalue weighted by atomic mass is 10.1. The number of carbonyl (C=O) groups is 2. The van der Waals surface area contributed by atoms with Gasteiger partial charge in [0.25, 0.3) is 0 Å². The number of ether oxygens (including phenoxy) is 2. The maximum atomic E-state index is 14.4. The van der Waals surface area contributed by atoms with E-state index in [0.29, 0.717) is 13.0 Å². The summed E-state index contributed by atoms with van der Waals surface area (Å²) < 4.78 is 38.6. The highest BCUT2D eigenvalue weighted by Gasteiger charge is 2.45. The second kappa shape index (κ2) is 9.52. The molecular weight excluding hydrogens is 486 g/mol. The molecule has 0 bridgehead atoms. The van der Waals surface area contributed by atoms with E-state index in [4.69, 9.17) is 9.47 Å². The summed E-state index contributed by atoms with van der Waals surface area (Å²) in [5, 5.41) is 0. The molecule has 2 aromatic rings. The molecule has 1 amide bonds. The third kappa shape index (κ3) is 5.82. The van der Waals surface area contributed by atoms with E-state index in [2.05, 4.69) is 20.9 Å². The summed E-state index contributed by atoms with van der Waals surface area (Å²) in [5.74, 6) is -1.67. The van der Waals surface area contributed by atoms with Crippen molar-refractivity contribution >= 4 is 33.8 Å². The largest absolute Gasteiger partial charge is 0.466 e. The minimum absolute atomic E-state index is 0.0241. The van der Waals surface area contributed by atoms with Crippen molar-refractivity contribution in [1.29, 1.82) is 0 Å². The van der Waals surface area contributed by atoms with Crippen LogP contribution in [0.1, 0.15) is 51.2 Å². The summed E-state index contributed by atoms with van der Waals surface area (Å²) in [6.07, 6.45) is 1.56. The van der Waals surface area contributed by atoms with E-state index >= 15 is 0 Å². The number of rotatable bonds is 6. The molecule has 1 aliphatic rings. The van der Waals surface area contributed by atoms with Gasteiger partial charge in [-0.15, -0.1) is 0 Å². The Labute approximate surface area is 194 Å². The zero-order valence-corrected chi connectivity index (χ0v) is 19.9. The smallest absolute Gasteiger partial charge is 0.416 e. The molecule has 172 valence electrons. The lowest BCUT2D eigenvalue weighted by Gasteiger charge is -2.27. The SMILES string of the molecule is CCOC(=O)[C@@H]1C[C@H]1c1ccc(N(Cc2cc(Br)c(F)cc2F)C(=O)OC(C)(C)C)nc1. The molecule has 3 rings (SSSR count). The number of halogens is 3. The van der Waals surface area contributed by atoms with Gasteiger partial charge in [-0.05, 0) is 73.7 Å². The molecule has 32 heavy (non-hydrogen) atoms. The van der Waals surface area contributed by atoms with E-state index in [9.17, 15) is 18.4 Å². The van der Waals surface area contributed by atoms with Gasteiger partial charge in [-0.3, -0.25) is 9.69 Å². The number of esters is 1. The summed E-state index contributed by atoms with van der Waals surface area (Å²) >= 11 is 3.04. The summed E-state index contributed by atoms with van der Waals surface area (Å²) in [4.78, 5) is 30.3. The van der Waals surface area contributed by atoms with E-state index in [0.717, 1.165) is 11.6 Å². The Hall–Kier alpha value is -2.55. The van der Waals surface area contributed by atoms with Crippen molar-refractivity contribution < 1.29 is 27.8 Å². The molecule has 0 radical (unpaired) electrons. The van der Waals surface area contributed by atoms with Gasteiger partial charge in [0.05, 0.1) is 23.5 Å². The van der Waals surface area contributed by atoms with Crippen molar-refractivity contribution in [1.82, 2.24) is 4.98 Å². The average Bonchev–Trinajstić information content (AvgIpc) is 3.50. The van der Waals surface area contributed by atoms with Crippen LogP contribution in [0.3, 0.4) is 0 Å². The fourth-order valence-corrected chi connectivity index (χ4v) is 3.65. The molecule has 1 fully saturated rings. The van der Waals surface area contributed by atoms with E-state index < -0.39 is 23.3 Å². The van der Waals surface area contributed by atoms with Gasteiger partial charge in [-0.25, -0.2) is 18.6 Å². The van der Waals surface area contributed by atoms with E-state index in [1.807, 2.05) is 0 Å². The Morgan fingerprint density at radius 3 is 2.53 bits per heavy atom. The van der Waals surface area contributed by atoms with Crippen LogP contribution in [0.15, 0.2) is 34.9 Å². The van der Waals surface area contributed by atoms with Crippen molar-refractivity contribution in [2.24, 2.45) is 5.92 Å². The number of carbonyl (C=O) groups excluding carboxylic acids is 2. The molecule has 6 nitrogen and oxygen atoms in total. The standard InChI is InChI=1S/C23H25BrF2N2O4/c1-5-31-21(29)16-9-15(16)13-6-7-20(27-11-13)28(22(30)32-23(2,3)4)12-14-8-17(24)19(26)10-18(14)25/h6-8,10-11,15-16H,5,9,12H2,1-4H3/t15-,16+/m0/s1. The topological polar surface area (TPSA) is 68.7 Å². The molecule has 0 N–H and O–H groups in total. The zero-order chi connectivity index (χ0) is 23.6. The molecule has 2 atom stereocenters. The van der Waals surface area contributed by atoms with Crippen LogP contribution in [0.5, 0.6) is 0 Å². The van der Waals surface area contributed by atoms with Crippen LogP contribution in [-0.4, -0.2) is 29.3 Å². The predicted molar refractivity (Wildman–Crippen MR) is 118 cm³/mol. The van der Waals surface area contributed by atoms with Gasteiger partial charge >= 0.3 is 12.1 Å². The molecular formula is C23H25BrF2N2O4. The quantitative estimate of drug-likeness (QED) is 0.366. The average molecular weight is 511 g/mol. The van der Waals surface area contributed by atoms with Gasteiger partial charge in [0, 0.05) is 17.8 Å². The minimum atomic E-state index is -0.786. The Morgan fingerprint density at radius 1 is 1.22 bits per heavy atom. The molecule has 1 aromatic heterocycles. The molecule has 0 unspecified atom stereocenters. The lowest BCUT2D eigenvalue weighted by molar-refractivity contribution is -0.144. The highest BCUT2D eigenvalue weighted by atomic mass is 79.9. The highest BCUT2D eigenvalue weighted by Crippen LogP contribution is 2.48. The van der Waals surface area contributed by atoms with Gasteiger partial charge in [0.15, 0.2) is 0 Å². The molecule has 1 saturated carbocycles. The van der Waals surface area contributed by atoms with Crippen LogP contribution in [0.2, 0.25) is 0 Å². The van der Waals surface area contributed by atoms with Crippen molar-refractivity contribution in [3.8, 4) is 0 Å². The van der Waals surface area contributed by atoms with Crippen LogP contribution >= 0.6 is 15.9 Å². The third-order valence-corrected chi connectivity index (χ3v) is 5.49. The van der Waals surface area contributed by atoms with E-state index in [1.54, 1.807) is 46.0 Å². The molecule has 0 saturated heterocycles. The van der Waals surface area contributed by atoms with Crippen LogP contribution in [0.25, 0.3) is 0 Å². The van der Waals surface area contributed by atoms with E-state index in [-0.39, 0.29) is 40.2 Å². The number of anilines is 1. The number of benzene rings is 1. The van der Waals surface area contributed by atoms with Crippen LogP contribution in [0.4, 0.5) is 19.4 Å². The fourth-order valence-electron chi connectivity index (χ4n) is 3.26. The first-order valence-corrected chi connectivity index (χ1v) is 11.1. The Bertz CT molecular complexity index is 1010. The summed E-state index contributed by atoms with van der Waals surface area (Å²) in [6, 6.07) is 5.44. The first kappa shape index (κ1) is 24.1. The number of pyridine rings is 1. The number of hydrogen-bond acceptors (Lipinski definition) is 5. The molecule has 1 heterocycles. The first-order valence-electron chi connectivity index (χ1n) is 10.3. The third-order valence-electron chi connectivity index (χ3n) is 4.89. The monoisotopic (exact) mass is 510 g/mol. The van der Waals surface area contributed by atoms with Gasteiger partial charge in [0.2, 0.25) is 0 Å². The van der Waals surface area contributed by atoms with Crippen molar-refractivity contribution in [2.45, 2.75) is 52.2 Å². The van der Waals surface area contributed by atoms with Crippen molar-refractivity contribution in [3.63, 3.8) is 0 Å². The molecule has 9 heteroatoms. The lowest BCUT2D eigenvalue weighted by Crippen LogP contribution is -2.37. The summed E-state index contributed by atoms with van der Waals surface area (Å²) in [7, 11) is 0. The fraction of sp³-hybridized carbons (Fsp3) is 0.435. The van der Waals surface area contributed by atoms with Gasteiger partial charge in [0.1, 0.15) is 23.1 Å². The Balaban J connectivity index is 1.85. The Morgan fingerprint density at radius 2 is 1.94 bits per heavy atom. The second-order valence-electron chi connectivity index (χ2n) is 8.57. The molecule has 1 aliphatic carbocycles. The predicted octanol–water partition coefficient (Wildman–Crippen LogP) is 5.73. The number of amides is 1. The van der Waals surface area contributed by atoms with Crippen LogP contribution in [-0.2, 0) is 20.8 Å².